The van der Waals surface area contributed by atoms with Crippen LogP contribution < -0.4 is 10.1 Å². The number of rotatable bonds is 6. The summed E-state index contributed by atoms with van der Waals surface area (Å²) >= 11 is 1.60. The topological polar surface area (TPSA) is 95.3 Å². The lowest BCUT2D eigenvalue weighted by atomic mass is 9.76. The molecule has 8 nitrogen and oxygen atoms in total. The van der Waals surface area contributed by atoms with Gasteiger partial charge < -0.3 is 14.8 Å². The molecular weight excluding hydrogens is 548 g/mol. The molecule has 9 heteroatoms. The fourth-order valence-electron chi connectivity index (χ4n) is 5.82. The summed E-state index contributed by atoms with van der Waals surface area (Å²) in [4.78, 5) is 29.9. The number of anilines is 1. The van der Waals surface area contributed by atoms with E-state index in [0.717, 1.165) is 73.4 Å². The van der Waals surface area contributed by atoms with E-state index in [-0.39, 0.29) is 17.7 Å². The number of thiazole rings is 1. The minimum absolute atomic E-state index is 0.183. The average molecular weight is 577 g/mol. The molecule has 0 amide bonds. The van der Waals surface area contributed by atoms with E-state index < -0.39 is 0 Å². The molecule has 5 aromatic rings. The van der Waals surface area contributed by atoms with Crippen LogP contribution in [0.1, 0.15) is 57.9 Å². The number of aromatic nitrogens is 3. The lowest BCUT2D eigenvalue weighted by molar-refractivity contribution is -0.116. The van der Waals surface area contributed by atoms with Crippen molar-refractivity contribution < 1.29 is 19.1 Å². The Morgan fingerprint density at radius 1 is 1.05 bits per heavy atom. The Labute approximate surface area is 246 Å². The van der Waals surface area contributed by atoms with Gasteiger partial charge in [0.05, 0.1) is 28.6 Å². The molecule has 0 radical (unpaired) electrons. The van der Waals surface area contributed by atoms with Crippen molar-refractivity contribution in [2.45, 2.75) is 38.7 Å². The number of para-hydroxylation sites is 1. The highest BCUT2D eigenvalue weighted by Gasteiger charge is 2.39. The van der Waals surface area contributed by atoms with E-state index in [9.17, 15) is 9.59 Å². The van der Waals surface area contributed by atoms with Crippen LogP contribution in [0.25, 0.3) is 15.3 Å². The van der Waals surface area contributed by atoms with Gasteiger partial charge in [0.15, 0.2) is 5.78 Å². The van der Waals surface area contributed by atoms with Crippen LogP contribution in [0.5, 0.6) is 5.75 Å². The largest absolute Gasteiger partial charge is 0.489 e. The second-order valence-corrected chi connectivity index (χ2v) is 11.5. The summed E-state index contributed by atoms with van der Waals surface area (Å²) < 4.78 is 13.8. The fourth-order valence-corrected chi connectivity index (χ4v) is 6.75. The van der Waals surface area contributed by atoms with Gasteiger partial charge in [-0.15, -0.1) is 0 Å². The monoisotopic (exact) mass is 576 g/mol. The van der Waals surface area contributed by atoms with Crippen LogP contribution in [0, 0.1) is 6.92 Å². The standard InChI is InChI=1S/C33H28N4O4S/c1-19-28-29(21-14-16-23(17-15-21)41-18-20-10-12-22(13-11-20)32(39)40-2)30-25(7-5-8-26(30)38)34-31(28)37(36-19)33-35-24-6-3-4-9-27(24)42-33/h3-4,6,9-17,29,34H,5,7-8,18H2,1-2H3/t29-/m0/s1. The first-order valence-electron chi connectivity index (χ1n) is 13.9. The second kappa shape index (κ2) is 10.6. The van der Waals surface area contributed by atoms with Crippen molar-refractivity contribution in [2.75, 3.05) is 12.4 Å². The van der Waals surface area contributed by atoms with Crippen LogP contribution in [0.2, 0.25) is 0 Å². The molecule has 1 atom stereocenters. The summed E-state index contributed by atoms with van der Waals surface area (Å²) in [5, 5.41) is 9.32. The number of methoxy groups -OCH3 is 1. The summed E-state index contributed by atoms with van der Waals surface area (Å²) in [5.74, 6) is 1.18. The third-order valence-corrected chi connectivity index (χ3v) is 8.88. The number of carbonyl (C=O) groups excluding carboxylic acids is 2. The summed E-state index contributed by atoms with van der Waals surface area (Å²) in [6, 6.07) is 23.2. The molecule has 1 N–H and O–H groups in total. The van der Waals surface area contributed by atoms with Crippen LogP contribution in [-0.4, -0.2) is 33.6 Å². The number of ketones is 1. The van der Waals surface area contributed by atoms with Gasteiger partial charge in [-0.25, -0.2) is 9.78 Å². The van der Waals surface area contributed by atoms with Crippen molar-refractivity contribution in [3.63, 3.8) is 0 Å². The number of fused-ring (bicyclic) bond motifs is 2. The van der Waals surface area contributed by atoms with Gasteiger partial charge in [-0.05, 0) is 67.3 Å². The highest BCUT2D eigenvalue weighted by molar-refractivity contribution is 7.20. The minimum Gasteiger partial charge on any atom is -0.489 e. The molecule has 2 aromatic heterocycles. The molecule has 1 aliphatic heterocycles. The number of ether oxygens (including phenoxy) is 2. The Balaban J connectivity index is 1.21. The number of hydrogen-bond donors (Lipinski definition) is 1. The number of hydrogen-bond acceptors (Lipinski definition) is 8. The number of esters is 1. The number of Topliss-reactive ketones (excluding diaryl/α,β-unsaturated/α-hetero) is 1. The number of carbonyl (C=O) groups is 2. The summed E-state index contributed by atoms with van der Waals surface area (Å²) in [5.41, 5.74) is 7.07. The molecule has 42 heavy (non-hydrogen) atoms. The van der Waals surface area contributed by atoms with E-state index in [0.29, 0.717) is 18.6 Å². The normalized spacial score (nSPS) is 16.1. The number of nitrogens with one attached hydrogen (secondary N) is 1. The Morgan fingerprint density at radius 3 is 2.60 bits per heavy atom. The van der Waals surface area contributed by atoms with Crippen LogP contribution in [0.15, 0.2) is 84.1 Å². The van der Waals surface area contributed by atoms with Crippen molar-refractivity contribution in [1.82, 2.24) is 14.8 Å². The molecule has 2 aliphatic rings. The fraction of sp³-hybridized carbons (Fsp3) is 0.212. The smallest absolute Gasteiger partial charge is 0.337 e. The molecular formula is C33H28N4O4S. The first-order valence-corrected chi connectivity index (χ1v) is 14.7. The number of aryl methyl sites for hydroxylation is 1. The second-order valence-electron chi connectivity index (χ2n) is 10.5. The summed E-state index contributed by atoms with van der Waals surface area (Å²) in [6.07, 6.45) is 2.19. The van der Waals surface area contributed by atoms with Crippen LogP contribution in [0.3, 0.4) is 0 Å². The molecule has 0 saturated heterocycles. The first kappa shape index (κ1) is 26.2. The molecule has 0 spiro atoms. The van der Waals surface area contributed by atoms with Gasteiger partial charge in [-0.2, -0.15) is 9.78 Å². The van der Waals surface area contributed by atoms with E-state index in [2.05, 4.69) is 11.4 Å². The highest BCUT2D eigenvalue weighted by Crippen LogP contribution is 2.47. The maximum Gasteiger partial charge on any atom is 0.337 e. The number of nitrogens with zero attached hydrogens (tertiary/aromatic N) is 3. The van der Waals surface area contributed by atoms with Gasteiger partial charge in [-0.1, -0.05) is 47.7 Å². The van der Waals surface area contributed by atoms with Crippen LogP contribution in [-0.2, 0) is 16.1 Å². The predicted octanol–water partition coefficient (Wildman–Crippen LogP) is 6.72. The molecule has 3 heterocycles. The highest BCUT2D eigenvalue weighted by atomic mass is 32.1. The minimum atomic E-state index is -0.366. The van der Waals surface area contributed by atoms with Crippen molar-refractivity contribution in [2.24, 2.45) is 0 Å². The molecule has 0 saturated carbocycles. The van der Waals surface area contributed by atoms with Crippen LogP contribution in [0.4, 0.5) is 5.82 Å². The molecule has 210 valence electrons. The average Bonchev–Trinajstić information content (AvgIpc) is 3.60. The van der Waals surface area contributed by atoms with Crippen LogP contribution >= 0.6 is 11.3 Å². The van der Waals surface area contributed by atoms with E-state index >= 15 is 0 Å². The zero-order valence-electron chi connectivity index (χ0n) is 23.2. The van der Waals surface area contributed by atoms with Gasteiger partial charge in [0, 0.05) is 29.2 Å². The lowest BCUT2D eigenvalue weighted by Crippen LogP contribution is -2.27. The SMILES string of the molecule is COC(=O)c1ccc(COc2ccc([C@@H]3C4=C(CCCC4=O)Nc4c3c(C)nn4-c3nc4ccccc4s3)cc2)cc1. The molecule has 1 aliphatic carbocycles. The van der Waals surface area contributed by atoms with E-state index in [1.165, 1.54) is 7.11 Å². The van der Waals surface area contributed by atoms with E-state index in [4.69, 9.17) is 19.6 Å². The van der Waals surface area contributed by atoms with Gasteiger partial charge in [0.25, 0.3) is 0 Å². The third kappa shape index (κ3) is 4.55. The van der Waals surface area contributed by atoms with Crippen molar-refractivity contribution >= 4 is 39.1 Å². The quantitative estimate of drug-likeness (QED) is 0.224. The zero-order chi connectivity index (χ0) is 28.8. The molecule has 7 rings (SSSR count). The zero-order valence-corrected chi connectivity index (χ0v) is 24.0. The number of allylic oxidation sites excluding steroid dienone is 2. The molecule has 0 fully saturated rings. The van der Waals surface area contributed by atoms with Crippen molar-refractivity contribution in [3.8, 4) is 10.9 Å². The molecule has 0 bridgehead atoms. The third-order valence-electron chi connectivity index (χ3n) is 7.87. The summed E-state index contributed by atoms with van der Waals surface area (Å²) in [6.45, 7) is 2.36. The van der Waals surface area contributed by atoms with Gasteiger partial charge in [-0.3, -0.25) is 4.79 Å². The Kier molecular flexibility index (Phi) is 6.59. The Hall–Kier alpha value is -4.76. The van der Waals surface area contributed by atoms with E-state index in [1.807, 2.05) is 66.2 Å². The summed E-state index contributed by atoms with van der Waals surface area (Å²) in [7, 11) is 1.37. The molecule has 3 aromatic carbocycles. The predicted molar refractivity (Wildman–Crippen MR) is 161 cm³/mol. The first-order chi connectivity index (χ1) is 20.5. The number of benzene rings is 3. The van der Waals surface area contributed by atoms with Gasteiger partial charge >= 0.3 is 5.97 Å². The maximum atomic E-state index is 13.4. The van der Waals surface area contributed by atoms with Gasteiger partial charge in [0.2, 0.25) is 5.13 Å². The van der Waals surface area contributed by atoms with Crippen molar-refractivity contribution in [1.29, 1.82) is 0 Å². The Bertz CT molecular complexity index is 1840. The molecule has 0 unspecified atom stereocenters. The van der Waals surface area contributed by atoms with Gasteiger partial charge in [0.1, 0.15) is 18.2 Å². The maximum absolute atomic E-state index is 13.4. The van der Waals surface area contributed by atoms with Crippen molar-refractivity contribution in [3.05, 3.63) is 112 Å². The Morgan fingerprint density at radius 2 is 1.83 bits per heavy atom. The lowest BCUT2D eigenvalue weighted by Gasteiger charge is -2.32. The van der Waals surface area contributed by atoms with E-state index in [1.54, 1.807) is 23.5 Å².